The molecule has 0 aliphatic carbocycles. The van der Waals surface area contributed by atoms with E-state index >= 15 is 0 Å². The second-order valence-electron chi connectivity index (χ2n) is 7.12. The molecule has 1 fully saturated rings. The standard InChI is InChI=1S/C21H19N7O5S3/c1-2-8-33-26-13(15-25-21(22)36-27-15)16(29)24-14-17(30)28-10-12(19(31)32)20(35-18(14)28)34-9-6-11-5-3-4-7-23-11/h2-7,9-10,14,18,20H,1,8H2,(H,24,29)(H,31,32)(H2,22,25,27)/t14?,18-,20?/m1/s1. The van der Waals surface area contributed by atoms with Crippen molar-refractivity contribution >= 4 is 69.8 Å². The number of amides is 2. The number of rotatable bonds is 10. The maximum Gasteiger partial charge on any atom is 0.335 e. The molecule has 2 aromatic rings. The summed E-state index contributed by atoms with van der Waals surface area (Å²) in [5.74, 6) is -2.36. The Hall–Kier alpha value is -3.69. The zero-order chi connectivity index (χ0) is 25.7. The van der Waals surface area contributed by atoms with E-state index in [4.69, 9.17) is 10.6 Å². The first-order chi connectivity index (χ1) is 17.4. The molecule has 0 aromatic carbocycles. The number of nitrogen functional groups attached to an aromatic ring is 1. The first kappa shape index (κ1) is 25.4. The Morgan fingerprint density at radius 2 is 2.25 bits per heavy atom. The second kappa shape index (κ2) is 11.4. The lowest BCUT2D eigenvalue weighted by atomic mass is 10.1. The van der Waals surface area contributed by atoms with Gasteiger partial charge >= 0.3 is 5.97 Å². The Balaban J connectivity index is 1.49. The van der Waals surface area contributed by atoms with Gasteiger partial charge in [0.15, 0.2) is 5.13 Å². The molecule has 2 unspecified atom stereocenters. The van der Waals surface area contributed by atoms with Gasteiger partial charge in [0, 0.05) is 23.9 Å². The van der Waals surface area contributed by atoms with E-state index < -0.39 is 33.8 Å². The minimum absolute atomic E-state index is 0.0404. The molecule has 0 radical (unpaired) electrons. The molecule has 36 heavy (non-hydrogen) atoms. The largest absolute Gasteiger partial charge is 0.478 e. The average molecular weight is 546 g/mol. The van der Waals surface area contributed by atoms with Crippen LogP contribution in [0.3, 0.4) is 0 Å². The van der Waals surface area contributed by atoms with E-state index in [1.165, 1.54) is 40.7 Å². The molecule has 2 amide bonds. The number of carbonyl (C=O) groups is 3. The fourth-order valence-corrected chi connectivity index (χ4v) is 6.20. The Kier molecular flexibility index (Phi) is 8.02. The summed E-state index contributed by atoms with van der Waals surface area (Å²) in [7, 11) is 0. The monoisotopic (exact) mass is 545 g/mol. The zero-order valence-electron chi connectivity index (χ0n) is 18.4. The molecule has 2 aliphatic rings. The van der Waals surface area contributed by atoms with Crippen LogP contribution in [0.5, 0.6) is 0 Å². The highest BCUT2D eigenvalue weighted by Gasteiger charge is 2.52. The van der Waals surface area contributed by atoms with Crippen LogP contribution in [0.2, 0.25) is 0 Å². The van der Waals surface area contributed by atoms with Gasteiger partial charge in [-0.3, -0.25) is 14.6 Å². The Bertz CT molecular complexity index is 1260. The molecule has 2 aliphatic heterocycles. The van der Waals surface area contributed by atoms with Gasteiger partial charge in [-0.25, -0.2) is 4.79 Å². The number of aliphatic carboxylic acids is 1. The first-order valence-corrected chi connectivity index (χ1v) is 12.9. The highest BCUT2D eigenvalue weighted by Crippen LogP contribution is 2.45. The number of hydrogen-bond donors (Lipinski definition) is 3. The van der Waals surface area contributed by atoms with Crippen LogP contribution in [-0.2, 0) is 19.2 Å². The van der Waals surface area contributed by atoms with Crippen LogP contribution in [0.4, 0.5) is 5.13 Å². The number of anilines is 1. The van der Waals surface area contributed by atoms with Gasteiger partial charge in [-0.2, -0.15) is 9.36 Å². The minimum Gasteiger partial charge on any atom is -0.478 e. The number of β-lactam (4-membered cyclic amide) rings is 1. The first-order valence-electron chi connectivity index (χ1n) is 10.3. The van der Waals surface area contributed by atoms with E-state index in [2.05, 4.69) is 31.4 Å². The summed E-state index contributed by atoms with van der Waals surface area (Å²) in [6.07, 6.45) is 6.18. The van der Waals surface area contributed by atoms with Crippen LogP contribution in [0.15, 0.2) is 59.4 Å². The van der Waals surface area contributed by atoms with Gasteiger partial charge in [-0.05, 0) is 23.6 Å². The van der Waals surface area contributed by atoms with Gasteiger partial charge in [0.2, 0.25) is 11.5 Å². The third-order valence-electron chi connectivity index (χ3n) is 4.75. The number of thioether (sulfide) groups is 2. The number of aromatic nitrogens is 3. The summed E-state index contributed by atoms with van der Waals surface area (Å²) in [6.45, 7) is 3.56. The number of nitrogens with zero attached hydrogens (tertiary/aromatic N) is 5. The summed E-state index contributed by atoms with van der Waals surface area (Å²) in [4.78, 5) is 52.0. The number of hydrogen-bond acceptors (Lipinski definition) is 12. The van der Waals surface area contributed by atoms with Crippen molar-refractivity contribution in [3.63, 3.8) is 0 Å². The van der Waals surface area contributed by atoms with Crippen LogP contribution in [0.1, 0.15) is 11.5 Å². The van der Waals surface area contributed by atoms with E-state index in [1.54, 1.807) is 23.7 Å². The van der Waals surface area contributed by atoms with E-state index in [0.717, 1.165) is 17.2 Å². The van der Waals surface area contributed by atoms with Crippen molar-refractivity contribution < 1.29 is 24.3 Å². The van der Waals surface area contributed by atoms with E-state index in [9.17, 15) is 19.5 Å². The van der Waals surface area contributed by atoms with Crippen molar-refractivity contribution in [3.8, 4) is 0 Å². The Morgan fingerprint density at radius 1 is 1.42 bits per heavy atom. The van der Waals surface area contributed by atoms with Crippen molar-refractivity contribution in [1.82, 2.24) is 24.6 Å². The number of pyridine rings is 1. The molecule has 12 nitrogen and oxygen atoms in total. The summed E-state index contributed by atoms with van der Waals surface area (Å²) >= 11 is 3.39. The summed E-state index contributed by atoms with van der Waals surface area (Å²) < 4.78 is 3.46. The quantitative estimate of drug-likeness (QED) is 0.130. The molecule has 1 saturated heterocycles. The van der Waals surface area contributed by atoms with Crippen LogP contribution in [0.25, 0.3) is 6.08 Å². The maximum absolute atomic E-state index is 13.0. The number of carboxylic acid groups (broad SMARTS) is 1. The van der Waals surface area contributed by atoms with Gasteiger partial charge in [-0.15, -0.1) is 23.5 Å². The lowest BCUT2D eigenvalue weighted by molar-refractivity contribution is -0.144. The third kappa shape index (κ3) is 5.58. The lowest BCUT2D eigenvalue weighted by Crippen LogP contribution is -2.69. The topological polar surface area (TPSA) is 173 Å². The summed E-state index contributed by atoms with van der Waals surface area (Å²) in [5, 5.41) is 17.4. The average Bonchev–Trinajstić information content (AvgIpc) is 3.30. The van der Waals surface area contributed by atoms with Crippen molar-refractivity contribution in [1.29, 1.82) is 0 Å². The number of carbonyl (C=O) groups excluding carboxylic acids is 2. The summed E-state index contributed by atoms with van der Waals surface area (Å²) in [5.41, 5.74) is 6.16. The lowest BCUT2D eigenvalue weighted by Gasteiger charge is -2.48. The number of nitrogens with one attached hydrogen (secondary N) is 1. The second-order valence-corrected chi connectivity index (χ2v) is 10.4. The fourth-order valence-electron chi connectivity index (χ4n) is 3.11. The van der Waals surface area contributed by atoms with Crippen molar-refractivity contribution in [2.75, 3.05) is 12.3 Å². The molecule has 0 bridgehead atoms. The van der Waals surface area contributed by atoms with Crippen LogP contribution in [0, 0.1) is 0 Å². The van der Waals surface area contributed by atoms with Gasteiger partial charge in [0.1, 0.15) is 18.0 Å². The smallest absolute Gasteiger partial charge is 0.335 e. The molecule has 4 rings (SSSR count). The molecular weight excluding hydrogens is 526 g/mol. The molecule has 2 aromatic heterocycles. The maximum atomic E-state index is 13.0. The normalized spacial score (nSPS) is 21.4. The van der Waals surface area contributed by atoms with Gasteiger partial charge in [0.25, 0.3) is 11.8 Å². The Morgan fingerprint density at radius 3 is 2.92 bits per heavy atom. The molecular formula is C21H19N7O5S3. The molecule has 3 atom stereocenters. The predicted octanol–water partition coefficient (Wildman–Crippen LogP) is 1.52. The molecule has 0 saturated carbocycles. The Labute approximate surface area is 217 Å². The number of nitrogens with two attached hydrogens (primary N) is 1. The van der Waals surface area contributed by atoms with Gasteiger partial charge in [-0.1, -0.05) is 23.9 Å². The fraction of sp³-hybridized carbons (Fsp3) is 0.190. The molecule has 15 heteroatoms. The molecule has 4 N–H and O–H groups in total. The molecule has 4 heterocycles. The van der Waals surface area contributed by atoms with E-state index in [0.29, 0.717) is 0 Å². The SMILES string of the molecule is C=CCON=C(C(=O)NC1C(=O)N2C=C(C(=O)O)C(SC=Cc3ccccn3)S[C@H]12)c1nsc(N)n1. The highest BCUT2D eigenvalue weighted by molar-refractivity contribution is 8.19. The van der Waals surface area contributed by atoms with Crippen molar-refractivity contribution in [2.24, 2.45) is 5.16 Å². The zero-order valence-corrected chi connectivity index (χ0v) is 20.8. The molecule has 0 spiro atoms. The van der Waals surface area contributed by atoms with E-state index in [1.807, 2.05) is 12.1 Å². The number of fused-ring (bicyclic) bond motifs is 1. The van der Waals surface area contributed by atoms with E-state index in [-0.39, 0.29) is 28.8 Å². The van der Waals surface area contributed by atoms with Crippen molar-refractivity contribution in [3.05, 3.63) is 65.8 Å². The van der Waals surface area contributed by atoms with Crippen LogP contribution in [-0.4, -0.2) is 70.4 Å². The molecule has 186 valence electrons. The van der Waals surface area contributed by atoms with Crippen LogP contribution >= 0.6 is 35.1 Å². The number of carboxylic acids is 1. The number of oxime groups is 1. The third-order valence-corrected chi connectivity index (χ3v) is 8.04. The van der Waals surface area contributed by atoms with Gasteiger partial charge in [0.05, 0.1) is 15.8 Å². The predicted molar refractivity (Wildman–Crippen MR) is 138 cm³/mol. The van der Waals surface area contributed by atoms with Gasteiger partial charge < -0.3 is 25.9 Å². The highest BCUT2D eigenvalue weighted by atomic mass is 32.2. The summed E-state index contributed by atoms with van der Waals surface area (Å²) in [6, 6.07) is 4.54. The van der Waals surface area contributed by atoms with Crippen LogP contribution < -0.4 is 11.1 Å². The van der Waals surface area contributed by atoms with Crippen molar-refractivity contribution in [2.45, 2.75) is 16.0 Å². The minimum atomic E-state index is -1.13.